The first-order valence-electron chi connectivity index (χ1n) is 10.5. The van der Waals surface area contributed by atoms with Gasteiger partial charge in [0.15, 0.2) is 0 Å². The van der Waals surface area contributed by atoms with E-state index < -0.39 is 0 Å². The summed E-state index contributed by atoms with van der Waals surface area (Å²) < 4.78 is 7.05. The van der Waals surface area contributed by atoms with Crippen LogP contribution in [0.4, 0.5) is 5.69 Å². The van der Waals surface area contributed by atoms with E-state index in [1.807, 2.05) is 39.8 Å². The second kappa shape index (κ2) is 7.31. The van der Waals surface area contributed by atoms with Gasteiger partial charge in [-0.25, -0.2) is 0 Å². The van der Waals surface area contributed by atoms with Crippen molar-refractivity contribution in [3.05, 3.63) is 58.5 Å². The van der Waals surface area contributed by atoms with Gasteiger partial charge in [0.05, 0.1) is 13.0 Å². The molecule has 1 aromatic heterocycles. The number of amides is 2. The molecule has 5 rings (SSSR count). The molecule has 2 amide bonds. The molecule has 7 heteroatoms. The lowest BCUT2D eigenvalue weighted by Crippen LogP contribution is -2.50. The van der Waals surface area contributed by atoms with Gasteiger partial charge in [0.25, 0.3) is 5.56 Å². The van der Waals surface area contributed by atoms with Crippen molar-refractivity contribution in [2.45, 2.75) is 25.3 Å². The highest BCUT2D eigenvalue weighted by Gasteiger charge is 2.41. The highest BCUT2D eigenvalue weighted by molar-refractivity contribution is 6.00. The number of pyridine rings is 1. The van der Waals surface area contributed by atoms with Crippen molar-refractivity contribution in [1.29, 1.82) is 0 Å². The Morgan fingerprint density at radius 3 is 2.57 bits per heavy atom. The Bertz CT molecular complexity index is 1050. The summed E-state index contributed by atoms with van der Waals surface area (Å²) in [4.78, 5) is 41.7. The SMILES string of the molecule is COc1ccc(N2C[C@@H](C(=O)N3C[C@@H]4C[C@H](C3)c3cccc(=O)n3C4)CC2=O)cc1. The van der Waals surface area contributed by atoms with E-state index in [2.05, 4.69) is 0 Å². The molecule has 0 radical (unpaired) electrons. The number of aromatic nitrogens is 1. The third kappa shape index (κ3) is 3.18. The number of piperidine rings is 1. The Hall–Kier alpha value is -3.09. The predicted octanol–water partition coefficient (Wildman–Crippen LogP) is 1.86. The molecule has 30 heavy (non-hydrogen) atoms. The molecule has 7 nitrogen and oxygen atoms in total. The maximum atomic E-state index is 13.3. The van der Waals surface area contributed by atoms with Gasteiger partial charge in [0, 0.05) is 56.0 Å². The van der Waals surface area contributed by atoms with Crippen molar-refractivity contribution in [2.24, 2.45) is 11.8 Å². The third-order valence-corrected chi connectivity index (χ3v) is 6.65. The maximum Gasteiger partial charge on any atom is 0.250 e. The van der Waals surface area contributed by atoms with Crippen LogP contribution >= 0.6 is 0 Å². The summed E-state index contributed by atoms with van der Waals surface area (Å²) in [6.07, 6.45) is 1.25. The first-order chi connectivity index (χ1) is 14.5. The Kier molecular flexibility index (Phi) is 4.60. The number of benzene rings is 1. The molecule has 0 N–H and O–H groups in total. The van der Waals surface area contributed by atoms with Gasteiger partial charge in [-0.05, 0) is 42.7 Å². The van der Waals surface area contributed by atoms with Gasteiger partial charge >= 0.3 is 0 Å². The minimum atomic E-state index is -0.323. The van der Waals surface area contributed by atoms with Crippen molar-refractivity contribution in [1.82, 2.24) is 9.47 Å². The first kappa shape index (κ1) is 18.9. The molecular formula is C23H25N3O4. The molecule has 2 aromatic rings. The van der Waals surface area contributed by atoms with Gasteiger partial charge in [0.1, 0.15) is 5.75 Å². The summed E-state index contributed by atoms with van der Waals surface area (Å²) in [6, 6.07) is 12.8. The molecule has 4 heterocycles. The molecule has 0 unspecified atom stereocenters. The number of carbonyl (C=O) groups is 2. The van der Waals surface area contributed by atoms with Gasteiger partial charge in [0.2, 0.25) is 11.8 Å². The van der Waals surface area contributed by atoms with E-state index in [0.717, 1.165) is 23.6 Å². The second-order valence-corrected chi connectivity index (χ2v) is 8.54. The number of methoxy groups -OCH3 is 1. The van der Waals surface area contributed by atoms with Crippen LogP contribution in [0.15, 0.2) is 47.3 Å². The van der Waals surface area contributed by atoms with E-state index in [-0.39, 0.29) is 41.5 Å². The van der Waals surface area contributed by atoms with Gasteiger partial charge in [-0.3, -0.25) is 14.4 Å². The summed E-state index contributed by atoms with van der Waals surface area (Å²) in [6.45, 7) is 2.35. The number of anilines is 1. The van der Waals surface area contributed by atoms with E-state index in [1.54, 1.807) is 24.1 Å². The summed E-state index contributed by atoms with van der Waals surface area (Å²) in [5, 5.41) is 0. The molecule has 2 fully saturated rings. The van der Waals surface area contributed by atoms with Crippen molar-refractivity contribution in [2.75, 3.05) is 31.6 Å². The number of fused-ring (bicyclic) bond motifs is 4. The second-order valence-electron chi connectivity index (χ2n) is 8.54. The highest BCUT2D eigenvalue weighted by atomic mass is 16.5. The van der Waals surface area contributed by atoms with E-state index in [1.165, 1.54) is 0 Å². The smallest absolute Gasteiger partial charge is 0.250 e. The molecule has 3 aliphatic heterocycles. The number of hydrogen-bond donors (Lipinski definition) is 0. The molecule has 156 valence electrons. The number of ether oxygens (including phenoxy) is 1. The lowest BCUT2D eigenvalue weighted by Gasteiger charge is -2.43. The van der Waals surface area contributed by atoms with E-state index in [9.17, 15) is 14.4 Å². The van der Waals surface area contributed by atoms with Crippen LogP contribution in [0, 0.1) is 11.8 Å². The van der Waals surface area contributed by atoms with Gasteiger partial charge < -0.3 is 19.1 Å². The maximum absolute atomic E-state index is 13.3. The third-order valence-electron chi connectivity index (χ3n) is 6.65. The Morgan fingerprint density at radius 2 is 1.80 bits per heavy atom. The van der Waals surface area contributed by atoms with Crippen molar-refractivity contribution >= 4 is 17.5 Å². The number of likely N-dealkylation sites (tertiary alicyclic amines) is 1. The minimum Gasteiger partial charge on any atom is -0.497 e. The van der Waals surface area contributed by atoms with Crippen LogP contribution in [0.1, 0.15) is 24.5 Å². The first-order valence-corrected chi connectivity index (χ1v) is 10.5. The molecule has 2 bridgehead atoms. The van der Waals surface area contributed by atoms with E-state index in [4.69, 9.17) is 4.74 Å². The van der Waals surface area contributed by atoms with Gasteiger partial charge in [-0.2, -0.15) is 0 Å². The lowest BCUT2D eigenvalue weighted by atomic mass is 9.82. The zero-order valence-electron chi connectivity index (χ0n) is 17.0. The molecule has 0 saturated carbocycles. The summed E-state index contributed by atoms with van der Waals surface area (Å²) in [5.74, 6) is 0.919. The highest BCUT2D eigenvalue weighted by Crippen LogP contribution is 2.36. The van der Waals surface area contributed by atoms with E-state index >= 15 is 0 Å². The summed E-state index contributed by atoms with van der Waals surface area (Å²) in [5.41, 5.74) is 1.86. The molecule has 3 aliphatic rings. The van der Waals surface area contributed by atoms with E-state index in [0.29, 0.717) is 26.2 Å². The molecule has 3 atom stereocenters. The zero-order valence-corrected chi connectivity index (χ0v) is 17.0. The molecule has 1 aromatic carbocycles. The predicted molar refractivity (Wildman–Crippen MR) is 112 cm³/mol. The average Bonchev–Trinajstić information content (AvgIpc) is 3.15. The van der Waals surface area contributed by atoms with Crippen LogP contribution in [0.25, 0.3) is 0 Å². The number of hydrogen-bond acceptors (Lipinski definition) is 4. The zero-order chi connectivity index (χ0) is 20.8. The molecule has 0 spiro atoms. The quantitative estimate of drug-likeness (QED) is 0.779. The van der Waals surface area contributed by atoms with Crippen molar-refractivity contribution < 1.29 is 14.3 Å². The molecular weight excluding hydrogens is 382 g/mol. The molecule has 2 saturated heterocycles. The Morgan fingerprint density at radius 1 is 1.00 bits per heavy atom. The standard InChI is InChI=1S/C23H25N3O4/c1-30-19-7-5-18(6-8-19)25-14-17(10-22(25)28)23(29)24-11-15-9-16(13-24)20-3-2-4-21(27)26(20)12-15/h2-8,15-17H,9-14H2,1H3/t15-,16+,17-/m0/s1. The number of nitrogens with zero attached hydrogens (tertiary/aromatic N) is 3. The Balaban J connectivity index is 1.31. The van der Waals surface area contributed by atoms with Crippen LogP contribution in [0.2, 0.25) is 0 Å². The van der Waals surface area contributed by atoms with Crippen LogP contribution in [0.5, 0.6) is 5.75 Å². The van der Waals surface area contributed by atoms with Gasteiger partial charge in [-0.15, -0.1) is 0 Å². The van der Waals surface area contributed by atoms with Crippen LogP contribution in [0.3, 0.4) is 0 Å². The average molecular weight is 407 g/mol. The fourth-order valence-electron chi connectivity index (χ4n) is 5.22. The monoisotopic (exact) mass is 407 g/mol. The topological polar surface area (TPSA) is 71.8 Å². The normalized spacial score (nSPS) is 25.2. The van der Waals surface area contributed by atoms with Crippen LogP contribution in [-0.4, -0.2) is 48.0 Å². The van der Waals surface area contributed by atoms with Gasteiger partial charge in [-0.1, -0.05) is 6.07 Å². The summed E-state index contributed by atoms with van der Waals surface area (Å²) >= 11 is 0. The number of carbonyl (C=O) groups excluding carboxylic acids is 2. The number of rotatable bonds is 3. The largest absolute Gasteiger partial charge is 0.497 e. The fraction of sp³-hybridized carbons (Fsp3) is 0.435. The molecule has 0 aliphatic carbocycles. The van der Waals surface area contributed by atoms with Crippen LogP contribution in [-0.2, 0) is 16.1 Å². The van der Waals surface area contributed by atoms with Crippen molar-refractivity contribution in [3.8, 4) is 5.75 Å². The van der Waals surface area contributed by atoms with Crippen LogP contribution < -0.4 is 15.2 Å². The fourth-order valence-corrected chi connectivity index (χ4v) is 5.22. The summed E-state index contributed by atoms with van der Waals surface area (Å²) in [7, 11) is 1.60. The lowest BCUT2D eigenvalue weighted by molar-refractivity contribution is -0.138. The minimum absolute atomic E-state index is 0.0207. The van der Waals surface area contributed by atoms with Crippen molar-refractivity contribution in [3.63, 3.8) is 0 Å². The Labute approximate surface area is 174 Å².